The number of nitrogens with one attached hydrogen (secondary N) is 3. The van der Waals surface area contributed by atoms with Crippen molar-refractivity contribution >= 4 is 29.1 Å². The summed E-state index contributed by atoms with van der Waals surface area (Å²) in [5, 5.41) is 6.18. The second kappa shape index (κ2) is 8.64. The normalized spacial score (nSPS) is 13.3. The topological polar surface area (TPSA) is 62.6 Å². The van der Waals surface area contributed by atoms with Gasteiger partial charge in [0, 0.05) is 17.3 Å². The Morgan fingerprint density at radius 2 is 2.10 bits per heavy atom. The summed E-state index contributed by atoms with van der Waals surface area (Å²) >= 11 is 5.88. The van der Waals surface area contributed by atoms with Crippen LogP contribution in [0.3, 0.4) is 0 Å². The Morgan fingerprint density at radius 1 is 1.38 bits per heavy atom. The van der Waals surface area contributed by atoms with Crippen LogP contribution in [-0.4, -0.2) is 38.0 Å². The summed E-state index contributed by atoms with van der Waals surface area (Å²) in [6.45, 7) is 4.72. The van der Waals surface area contributed by atoms with E-state index in [0.29, 0.717) is 17.3 Å². The van der Waals surface area contributed by atoms with Crippen molar-refractivity contribution in [3.8, 4) is 0 Å². The molecule has 0 aliphatic rings. The first kappa shape index (κ1) is 17.5. The third kappa shape index (κ3) is 6.14. The molecule has 1 aromatic carbocycles. The van der Waals surface area contributed by atoms with Crippen LogP contribution in [0.5, 0.6) is 0 Å². The number of carbonyl (C=O) groups excluding carboxylic acids is 2. The minimum absolute atomic E-state index is 0.0447. The molecule has 0 aliphatic carbocycles. The molecule has 3 N–H and O–H groups in total. The highest BCUT2D eigenvalue weighted by atomic mass is 35.5. The first-order valence-electron chi connectivity index (χ1n) is 7.09. The summed E-state index contributed by atoms with van der Waals surface area (Å²) in [6.07, 6.45) is 0.898. The second-order valence-corrected chi connectivity index (χ2v) is 5.53. The molecular formula is C15H23ClN3O2+. The van der Waals surface area contributed by atoms with E-state index in [4.69, 9.17) is 11.6 Å². The highest BCUT2D eigenvalue weighted by Gasteiger charge is 2.23. The van der Waals surface area contributed by atoms with Gasteiger partial charge in [-0.05, 0) is 31.5 Å². The number of likely N-dealkylation sites (N-methyl/N-ethyl adjacent to an activating group) is 1. The van der Waals surface area contributed by atoms with E-state index in [1.54, 1.807) is 31.2 Å². The van der Waals surface area contributed by atoms with Crippen molar-refractivity contribution in [1.82, 2.24) is 5.32 Å². The van der Waals surface area contributed by atoms with Crippen molar-refractivity contribution in [2.75, 3.05) is 25.5 Å². The number of amides is 2. The predicted octanol–water partition coefficient (Wildman–Crippen LogP) is 0.708. The SMILES string of the molecule is CCCNC(=O)C[NH+](C)[C@@H](C)C(=O)Nc1cccc(Cl)c1. The maximum absolute atomic E-state index is 12.2. The standard InChI is InChI=1S/C15H22ClN3O2/c1-4-8-17-14(20)10-19(3)11(2)15(21)18-13-7-5-6-12(16)9-13/h5-7,9,11H,4,8,10H2,1-3H3,(H,17,20)(H,18,21)/p+1/t11-/m0/s1. The van der Waals surface area contributed by atoms with Gasteiger partial charge in [0.2, 0.25) is 0 Å². The van der Waals surface area contributed by atoms with Crippen LogP contribution in [0.15, 0.2) is 24.3 Å². The van der Waals surface area contributed by atoms with Crippen LogP contribution in [0.25, 0.3) is 0 Å². The van der Waals surface area contributed by atoms with Crippen LogP contribution < -0.4 is 15.5 Å². The summed E-state index contributed by atoms with van der Waals surface area (Å²) in [5.74, 6) is -0.185. The van der Waals surface area contributed by atoms with Gasteiger partial charge in [0.1, 0.15) is 0 Å². The van der Waals surface area contributed by atoms with E-state index < -0.39 is 0 Å². The Morgan fingerprint density at radius 3 is 2.71 bits per heavy atom. The fraction of sp³-hybridized carbons (Fsp3) is 0.467. The van der Waals surface area contributed by atoms with E-state index >= 15 is 0 Å². The fourth-order valence-corrected chi connectivity index (χ4v) is 1.96. The van der Waals surface area contributed by atoms with Crippen LogP contribution in [-0.2, 0) is 9.59 Å². The number of quaternary nitrogens is 1. The van der Waals surface area contributed by atoms with E-state index in [2.05, 4.69) is 10.6 Å². The molecule has 1 rings (SSSR count). The number of rotatable bonds is 7. The molecule has 116 valence electrons. The number of halogens is 1. The van der Waals surface area contributed by atoms with Crippen molar-refractivity contribution < 1.29 is 14.5 Å². The molecule has 2 amide bonds. The Balaban J connectivity index is 2.51. The van der Waals surface area contributed by atoms with E-state index in [-0.39, 0.29) is 24.4 Å². The molecule has 0 spiro atoms. The van der Waals surface area contributed by atoms with Gasteiger partial charge in [-0.15, -0.1) is 0 Å². The Bertz CT molecular complexity index is 494. The van der Waals surface area contributed by atoms with Crippen LogP contribution in [0.2, 0.25) is 5.02 Å². The van der Waals surface area contributed by atoms with E-state index in [9.17, 15) is 9.59 Å². The molecule has 0 aromatic heterocycles. The van der Waals surface area contributed by atoms with Gasteiger partial charge < -0.3 is 15.5 Å². The Labute approximate surface area is 130 Å². The van der Waals surface area contributed by atoms with Gasteiger partial charge in [0.05, 0.1) is 7.05 Å². The van der Waals surface area contributed by atoms with Gasteiger partial charge in [0.25, 0.3) is 11.8 Å². The largest absolute Gasteiger partial charge is 0.351 e. The summed E-state index contributed by atoms with van der Waals surface area (Å²) in [6, 6.07) is 6.65. The summed E-state index contributed by atoms with van der Waals surface area (Å²) in [5.41, 5.74) is 0.655. The van der Waals surface area contributed by atoms with E-state index in [1.165, 1.54) is 0 Å². The molecule has 0 saturated carbocycles. The summed E-state index contributed by atoms with van der Waals surface area (Å²) < 4.78 is 0. The number of carbonyl (C=O) groups is 2. The summed E-state index contributed by atoms with van der Waals surface area (Å²) in [7, 11) is 1.83. The van der Waals surface area contributed by atoms with Gasteiger partial charge >= 0.3 is 0 Å². The zero-order valence-corrected chi connectivity index (χ0v) is 13.5. The monoisotopic (exact) mass is 312 g/mol. The Kier molecular flexibility index (Phi) is 7.19. The minimum atomic E-state index is -0.337. The second-order valence-electron chi connectivity index (χ2n) is 5.09. The number of benzene rings is 1. The quantitative estimate of drug-likeness (QED) is 0.694. The number of hydrogen-bond donors (Lipinski definition) is 3. The third-order valence-electron chi connectivity index (χ3n) is 3.24. The average molecular weight is 313 g/mol. The smallest absolute Gasteiger partial charge is 0.282 e. The van der Waals surface area contributed by atoms with Gasteiger partial charge in [0.15, 0.2) is 12.6 Å². The first-order chi connectivity index (χ1) is 9.93. The molecule has 2 atom stereocenters. The maximum atomic E-state index is 12.2. The van der Waals surface area contributed by atoms with E-state index in [1.807, 2.05) is 14.0 Å². The predicted molar refractivity (Wildman–Crippen MR) is 84.6 cm³/mol. The molecular weight excluding hydrogens is 290 g/mol. The molecule has 0 aliphatic heterocycles. The van der Waals surface area contributed by atoms with E-state index in [0.717, 1.165) is 11.3 Å². The van der Waals surface area contributed by atoms with Crippen molar-refractivity contribution in [2.45, 2.75) is 26.3 Å². The molecule has 0 heterocycles. The maximum Gasteiger partial charge on any atom is 0.282 e. The Hall–Kier alpha value is -1.59. The molecule has 5 nitrogen and oxygen atoms in total. The van der Waals surface area contributed by atoms with Crippen molar-refractivity contribution in [3.63, 3.8) is 0 Å². The van der Waals surface area contributed by atoms with Crippen molar-refractivity contribution in [2.24, 2.45) is 0 Å². The number of hydrogen-bond acceptors (Lipinski definition) is 2. The van der Waals surface area contributed by atoms with Crippen LogP contribution in [0.4, 0.5) is 5.69 Å². The van der Waals surface area contributed by atoms with Crippen LogP contribution in [0.1, 0.15) is 20.3 Å². The van der Waals surface area contributed by atoms with Gasteiger partial charge in [-0.25, -0.2) is 0 Å². The molecule has 21 heavy (non-hydrogen) atoms. The molecule has 0 radical (unpaired) electrons. The minimum Gasteiger partial charge on any atom is -0.351 e. The lowest BCUT2D eigenvalue weighted by atomic mass is 10.2. The molecule has 0 saturated heterocycles. The molecule has 0 fully saturated rings. The van der Waals surface area contributed by atoms with Gasteiger partial charge in [-0.3, -0.25) is 9.59 Å². The zero-order chi connectivity index (χ0) is 15.8. The fourth-order valence-electron chi connectivity index (χ4n) is 1.77. The molecule has 1 unspecified atom stereocenters. The average Bonchev–Trinajstić information content (AvgIpc) is 2.44. The van der Waals surface area contributed by atoms with Crippen LogP contribution >= 0.6 is 11.6 Å². The molecule has 1 aromatic rings. The first-order valence-corrected chi connectivity index (χ1v) is 7.47. The number of anilines is 1. The van der Waals surface area contributed by atoms with Crippen LogP contribution in [0, 0.1) is 0 Å². The lowest BCUT2D eigenvalue weighted by Gasteiger charge is -2.20. The molecule has 6 heteroatoms. The summed E-state index contributed by atoms with van der Waals surface area (Å²) in [4.78, 5) is 24.7. The molecule has 0 bridgehead atoms. The third-order valence-corrected chi connectivity index (χ3v) is 3.47. The lowest BCUT2D eigenvalue weighted by Crippen LogP contribution is -3.15. The lowest BCUT2D eigenvalue weighted by molar-refractivity contribution is -0.885. The van der Waals surface area contributed by atoms with Crippen molar-refractivity contribution in [3.05, 3.63) is 29.3 Å². The zero-order valence-electron chi connectivity index (χ0n) is 12.7. The van der Waals surface area contributed by atoms with Gasteiger partial charge in [-0.1, -0.05) is 24.6 Å². The van der Waals surface area contributed by atoms with Crippen molar-refractivity contribution in [1.29, 1.82) is 0 Å². The highest BCUT2D eigenvalue weighted by molar-refractivity contribution is 6.30. The highest BCUT2D eigenvalue weighted by Crippen LogP contribution is 2.14. The van der Waals surface area contributed by atoms with Gasteiger partial charge in [-0.2, -0.15) is 0 Å².